The predicted octanol–water partition coefficient (Wildman–Crippen LogP) is 2.41. The van der Waals surface area contributed by atoms with Crippen LogP contribution in [0.5, 0.6) is 0 Å². The van der Waals surface area contributed by atoms with Crippen molar-refractivity contribution in [2.24, 2.45) is 0 Å². The average Bonchev–Trinajstić information content (AvgIpc) is 2.06. The van der Waals surface area contributed by atoms with E-state index in [1.165, 1.54) is 18.3 Å². The number of nitrogens with zero attached hydrogens (tertiary/aromatic N) is 1. The van der Waals surface area contributed by atoms with Gasteiger partial charge < -0.3 is 0 Å². The molecule has 0 unspecified atom stereocenters. The molecule has 1 rings (SSSR count). The summed E-state index contributed by atoms with van der Waals surface area (Å²) in [5.74, 6) is -3.74. The van der Waals surface area contributed by atoms with E-state index < -0.39 is 11.8 Å². The molecule has 0 radical (unpaired) electrons. The first-order valence-corrected chi connectivity index (χ1v) is 3.55. The summed E-state index contributed by atoms with van der Waals surface area (Å²) in [6, 6.07) is 4.33. The lowest BCUT2D eigenvalue weighted by atomic mass is 10.2. The molecule has 0 bridgehead atoms. The second kappa shape index (κ2) is 3.13. The molecule has 1 aromatic rings. The molecule has 0 saturated heterocycles. The molecule has 0 atom stereocenters. The Bertz CT molecular complexity index is 225. The lowest BCUT2D eigenvalue weighted by Gasteiger charge is -2.10. The third-order valence-corrected chi connectivity index (χ3v) is 1.54. The first-order chi connectivity index (χ1) is 5.17. The van der Waals surface area contributed by atoms with Gasteiger partial charge in [0.25, 0.3) is 0 Å². The molecular formula is C7H6ClF2N. The fourth-order valence-electron chi connectivity index (χ4n) is 0.648. The van der Waals surface area contributed by atoms with Crippen LogP contribution in [0.1, 0.15) is 5.69 Å². The Labute approximate surface area is 68.0 Å². The summed E-state index contributed by atoms with van der Waals surface area (Å²) in [5.41, 5.74) is -0.282. The number of hydrogen-bond donors (Lipinski definition) is 0. The Morgan fingerprint density at radius 2 is 2.18 bits per heavy atom. The van der Waals surface area contributed by atoms with E-state index in [1.54, 1.807) is 6.07 Å². The van der Waals surface area contributed by atoms with Crippen molar-refractivity contribution < 1.29 is 8.78 Å². The number of hydrogen-bond acceptors (Lipinski definition) is 1. The molecule has 0 amide bonds. The smallest absolute Gasteiger partial charge is 0.255 e. The van der Waals surface area contributed by atoms with E-state index in [2.05, 4.69) is 4.98 Å². The molecule has 0 aliphatic carbocycles. The second-order valence-electron chi connectivity index (χ2n) is 2.05. The zero-order valence-corrected chi connectivity index (χ0v) is 6.35. The molecule has 4 heteroatoms. The van der Waals surface area contributed by atoms with Crippen molar-refractivity contribution in [2.75, 3.05) is 5.88 Å². The Kier molecular flexibility index (Phi) is 2.39. The largest absolute Gasteiger partial charge is 0.302 e. The number of aromatic nitrogens is 1. The minimum atomic E-state index is -3.01. The van der Waals surface area contributed by atoms with Crippen LogP contribution < -0.4 is 0 Å². The van der Waals surface area contributed by atoms with Gasteiger partial charge in [-0.25, -0.2) is 0 Å². The summed E-state index contributed by atoms with van der Waals surface area (Å²) >= 11 is 5.04. The lowest BCUT2D eigenvalue weighted by Crippen LogP contribution is -2.16. The molecule has 0 spiro atoms. The lowest BCUT2D eigenvalue weighted by molar-refractivity contribution is 0.0168. The van der Waals surface area contributed by atoms with E-state index in [-0.39, 0.29) is 5.69 Å². The minimum absolute atomic E-state index is 0.282. The van der Waals surface area contributed by atoms with Gasteiger partial charge in [-0.15, -0.1) is 11.6 Å². The van der Waals surface area contributed by atoms with Gasteiger partial charge in [-0.1, -0.05) is 6.07 Å². The summed E-state index contributed by atoms with van der Waals surface area (Å²) in [5, 5.41) is 0. The highest BCUT2D eigenvalue weighted by atomic mass is 35.5. The highest BCUT2D eigenvalue weighted by molar-refractivity contribution is 6.18. The standard InChI is InChI=1S/C7H6ClF2N/c8-5-7(9,10)6-3-1-2-4-11-6/h1-4H,5H2. The molecule has 1 aromatic heterocycles. The summed E-state index contributed by atoms with van der Waals surface area (Å²) in [6.45, 7) is 0. The van der Waals surface area contributed by atoms with E-state index >= 15 is 0 Å². The fraction of sp³-hybridized carbons (Fsp3) is 0.286. The van der Waals surface area contributed by atoms with Crippen molar-refractivity contribution >= 4 is 11.6 Å². The maximum Gasteiger partial charge on any atom is 0.302 e. The van der Waals surface area contributed by atoms with E-state index in [4.69, 9.17) is 11.6 Å². The molecule has 0 N–H and O–H groups in total. The van der Waals surface area contributed by atoms with Crippen LogP contribution in [0, 0.1) is 0 Å². The van der Waals surface area contributed by atoms with Gasteiger partial charge in [0, 0.05) is 6.20 Å². The molecule has 1 heterocycles. The maximum atomic E-state index is 12.7. The average molecular weight is 178 g/mol. The van der Waals surface area contributed by atoms with Gasteiger partial charge >= 0.3 is 5.92 Å². The zero-order valence-electron chi connectivity index (χ0n) is 5.60. The van der Waals surface area contributed by atoms with Crippen LogP contribution in [-0.4, -0.2) is 10.9 Å². The minimum Gasteiger partial charge on any atom is -0.255 e. The van der Waals surface area contributed by atoms with Gasteiger partial charge in [0.2, 0.25) is 0 Å². The van der Waals surface area contributed by atoms with Crippen molar-refractivity contribution in [1.29, 1.82) is 0 Å². The number of alkyl halides is 3. The van der Waals surface area contributed by atoms with Crippen LogP contribution in [0.25, 0.3) is 0 Å². The van der Waals surface area contributed by atoms with E-state index in [1.807, 2.05) is 0 Å². The van der Waals surface area contributed by atoms with Gasteiger partial charge in [-0.3, -0.25) is 4.98 Å². The Balaban J connectivity index is 2.93. The highest BCUT2D eigenvalue weighted by Gasteiger charge is 2.31. The summed E-state index contributed by atoms with van der Waals surface area (Å²) in [4.78, 5) is 3.49. The molecule has 60 valence electrons. The third-order valence-electron chi connectivity index (χ3n) is 1.21. The highest BCUT2D eigenvalue weighted by Crippen LogP contribution is 2.26. The van der Waals surface area contributed by atoms with Crippen molar-refractivity contribution in [3.63, 3.8) is 0 Å². The van der Waals surface area contributed by atoms with E-state index in [0.717, 1.165) is 0 Å². The molecule has 1 nitrogen and oxygen atoms in total. The zero-order chi connectivity index (χ0) is 8.32. The first kappa shape index (κ1) is 8.40. The molecule has 0 aromatic carbocycles. The Hall–Kier alpha value is -0.700. The van der Waals surface area contributed by atoms with Gasteiger partial charge in [0.15, 0.2) is 0 Å². The molecule has 0 fully saturated rings. The number of rotatable bonds is 2. The van der Waals surface area contributed by atoms with Gasteiger partial charge in [-0.2, -0.15) is 8.78 Å². The fourth-order valence-corrected chi connectivity index (χ4v) is 0.784. The monoisotopic (exact) mass is 177 g/mol. The van der Waals surface area contributed by atoms with Gasteiger partial charge in [0.05, 0.1) is 5.88 Å². The molecule has 0 aliphatic heterocycles. The summed E-state index contributed by atoms with van der Waals surface area (Å²) in [6.07, 6.45) is 1.32. The number of pyridine rings is 1. The number of halogens is 3. The van der Waals surface area contributed by atoms with Crippen molar-refractivity contribution in [2.45, 2.75) is 5.92 Å². The predicted molar refractivity (Wildman–Crippen MR) is 38.9 cm³/mol. The van der Waals surface area contributed by atoms with Crippen LogP contribution in [0.3, 0.4) is 0 Å². The van der Waals surface area contributed by atoms with E-state index in [0.29, 0.717) is 0 Å². The SMILES string of the molecule is FC(F)(CCl)c1ccccn1. The topological polar surface area (TPSA) is 12.9 Å². The van der Waals surface area contributed by atoms with Crippen LogP contribution in [-0.2, 0) is 5.92 Å². The molecule has 11 heavy (non-hydrogen) atoms. The van der Waals surface area contributed by atoms with Crippen LogP contribution in [0.4, 0.5) is 8.78 Å². The van der Waals surface area contributed by atoms with Crippen molar-refractivity contribution in [3.05, 3.63) is 30.1 Å². The summed E-state index contributed by atoms with van der Waals surface area (Å²) < 4.78 is 25.4. The third kappa shape index (κ3) is 1.87. The van der Waals surface area contributed by atoms with Crippen LogP contribution in [0.15, 0.2) is 24.4 Å². The van der Waals surface area contributed by atoms with E-state index in [9.17, 15) is 8.78 Å². The quantitative estimate of drug-likeness (QED) is 0.633. The van der Waals surface area contributed by atoms with Crippen molar-refractivity contribution in [1.82, 2.24) is 4.98 Å². The first-order valence-electron chi connectivity index (χ1n) is 3.02. The van der Waals surface area contributed by atoms with Gasteiger partial charge in [-0.05, 0) is 12.1 Å². The second-order valence-corrected chi connectivity index (χ2v) is 2.32. The Morgan fingerprint density at radius 3 is 2.64 bits per heavy atom. The summed E-state index contributed by atoms with van der Waals surface area (Å²) in [7, 11) is 0. The van der Waals surface area contributed by atoms with Crippen LogP contribution in [0.2, 0.25) is 0 Å². The Morgan fingerprint density at radius 1 is 1.45 bits per heavy atom. The maximum absolute atomic E-state index is 12.7. The molecular weight excluding hydrogens is 172 g/mol. The molecule has 0 saturated carbocycles. The van der Waals surface area contributed by atoms with Crippen LogP contribution >= 0.6 is 11.6 Å². The normalized spacial score (nSPS) is 11.5. The van der Waals surface area contributed by atoms with Crippen molar-refractivity contribution in [3.8, 4) is 0 Å². The van der Waals surface area contributed by atoms with Gasteiger partial charge in [0.1, 0.15) is 5.69 Å². The molecule has 0 aliphatic rings.